The molecule has 2 N–H and O–H groups in total. The van der Waals surface area contributed by atoms with Gasteiger partial charge in [-0.25, -0.2) is 4.79 Å². The predicted molar refractivity (Wildman–Crippen MR) is 82.5 cm³/mol. The second-order valence-electron chi connectivity index (χ2n) is 5.44. The molecule has 0 saturated carbocycles. The minimum atomic E-state index is -0.732. The molecule has 21 heavy (non-hydrogen) atoms. The Morgan fingerprint density at radius 1 is 0.952 bits per heavy atom. The molecule has 0 bridgehead atoms. The molecule has 0 aliphatic carbocycles. The van der Waals surface area contributed by atoms with Gasteiger partial charge >= 0.3 is 5.97 Å². The summed E-state index contributed by atoms with van der Waals surface area (Å²) < 4.78 is 1.80. The van der Waals surface area contributed by atoms with Crippen LogP contribution >= 0.6 is 0 Å². The Morgan fingerprint density at radius 2 is 1.48 bits per heavy atom. The number of aromatic nitrogens is 1. The standard InChI is InChI=1S/C17H27NO2.H2O/c1-2-3-4-5-6-7-8-10-13-16(17(19)20)18-14-11-9-12-15-18;/h9,11-12,14-16H,2-8,10,13H2,1H3;1H2. The van der Waals surface area contributed by atoms with Crippen LogP contribution in [0.25, 0.3) is 0 Å². The number of hydrogen-bond donors (Lipinski definition) is 1. The quantitative estimate of drug-likeness (QED) is 0.496. The Balaban J connectivity index is 0.00000400. The fourth-order valence-electron chi connectivity index (χ4n) is 2.49. The Bertz CT molecular complexity index is 368. The van der Waals surface area contributed by atoms with Crippen molar-refractivity contribution in [2.24, 2.45) is 0 Å². The van der Waals surface area contributed by atoms with Crippen molar-refractivity contribution in [3.8, 4) is 0 Å². The van der Waals surface area contributed by atoms with Gasteiger partial charge in [-0.05, 0) is 6.42 Å². The summed E-state index contributed by atoms with van der Waals surface area (Å²) in [5.41, 5.74) is 0. The molecule has 0 fully saturated rings. The molecule has 120 valence electrons. The van der Waals surface area contributed by atoms with Gasteiger partial charge in [0.2, 0.25) is 0 Å². The molecule has 4 heteroatoms. The molecule has 4 nitrogen and oxygen atoms in total. The normalized spacial score (nSPS) is 11.7. The summed E-state index contributed by atoms with van der Waals surface area (Å²) >= 11 is 0. The second kappa shape index (κ2) is 12.3. The van der Waals surface area contributed by atoms with Crippen molar-refractivity contribution in [3.05, 3.63) is 30.6 Å². The third kappa shape index (κ3) is 8.45. The molecule has 0 spiro atoms. The Hall–Kier alpha value is -1.42. The lowest BCUT2D eigenvalue weighted by atomic mass is 10.0. The van der Waals surface area contributed by atoms with Crippen LogP contribution < -0.4 is 4.57 Å². The minimum Gasteiger partial charge on any atom is -0.870 e. The Morgan fingerprint density at radius 3 is 2.00 bits per heavy atom. The van der Waals surface area contributed by atoms with Gasteiger partial charge in [0, 0.05) is 18.6 Å². The lowest BCUT2D eigenvalue weighted by molar-refractivity contribution is -0.711. The highest BCUT2D eigenvalue weighted by atomic mass is 16.4. The summed E-state index contributed by atoms with van der Waals surface area (Å²) in [6.45, 7) is 2.23. The van der Waals surface area contributed by atoms with Crippen LogP contribution in [0.15, 0.2) is 30.6 Å². The first-order valence-corrected chi connectivity index (χ1v) is 7.94. The van der Waals surface area contributed by atoms with Crippen molar-refractivity contribution in [3.63, 3.8) is 0 Å². The first-order valence-electron chi connectivity index (χ1n) is 7.94. The zero-order chi connectivity index (χ0) is 14.6. The van der Waals surface area contributed by atoms with E-state index in [4.69, 9.17) is 0 Å². The van der Waals surface area contributed by atoms with Gasteiger partial charge in [-0.1, -0.05) is 57.9 Å². The van der Waals surface area contributed by atoms with Gasteiger partial charge in [-0.2, -0.15) is 4.57 Å². The van der Waals surface area contributed by atoms with Gasteiger partial charge in [-0.3, -0.25) is 0 Å². The van der Waals surface area contributed by atoms with Gasteiger partial charge in [0.15, 0.2) is 12.4 Å². The Labute approximate surface area is 128 Å². The third-order valence-corrected chi connectivity index (χ3v) is 3.71. The number of carboxylic acid groups (broad SMARTS) is 1. The van der Waals surface area contributed by atoms with Gasteiger partial charge in [0.1, 0.15) is 0 Å². The van der Waals surface area contributed by atoms with Crippen LogP contribution in [0, 0.1) is 0 Å². The molecular formula is C17H29NO3. The maximum atomic E-state index is 11.3. The molecular weight excluding hydrogens is 266 g/mol. The third-order valence-electron chi connectivity index (χ3n) is 3.71. The molecule has 1 heterocycles. The zero-order valence-corrected chi connectivity index (χ0v) is 13.1. The van der Waals surface area contributed by atoms with E-state index in [2.05, 4.69) is 6.92 Å². The smallest absolute Gasteiger partial charge is 0.373 e. The van der Waals surface area contributed by atoms with Crippen molar-refractivity contribution in [2.45, 2.75) is 70.8 Å². The summed E-state index contributed by atoms with van der Waals surface area (Å²) in [5, 5.41) is 9.31. The van der Waals surface area contributed by atoms with Gasteiger partial charge in [0.25, 0.3) is 6.04 Å². The monoisotopic (exact) mass is 295 g/mol. The predicted octanol–water partition coefficient (Wildman–Crippen LogP) is 3.95. The number of carbonyl (C=O) groups is 1. The maximum absolute atomic E-state index is 11.3. The van der Waals surface area contributed by atoms with Crippen LogP contribution in [0.3, 0.4) is 0 Å². The summed E-state index contributed by atoms with van der Waals surface area (Å²) in [4.78, 5) is 11.3. The maximum Gasteiger partial charge on any atom is 0.373 e. The van der Waals surface area contributed by atoms with E-state index in [0.717, 1.165) is 19.3 Å². The van der Waals surface area contributed by atoms with Crippen LogP contribution in [0.5, 0.6) is 0 Å². The highest BCUT2D eigenvalue weighted by Crippen LogP contribution is 2.13. The molecule has 0 radical (unpaired) electrons. The fraction of sp³-hybridized carbons (Fsp3) is 0.647. The van der Waals surface area contributed by atoms with Gasteiger partial charge in [-0.15, -0.1) is 0 Å². The van der Waals surface area contributed by atoms with Crippen molar-refractivity contribution in [1.29, 1.82) is 0 Å². The first kappa shape index (κ1) is 19.6. The highest BCUT2D eigenvalue weighted by Gasteiger charge is 2.25. The van der Waals surface area contributed by atoms with E-state index in [1.54, 1.807) is 4.57 Å². The molecule has 1 rings (SSSR count). The minimum absolute atomic E-state index is 0. The summed E-state index contributed by atoms with van der Waals surface area (Å²) in [6.07, 6.45) is 14.3. The second-order valence-corrected chi connectivity index (χ2v) is 5.44. The van der Waals surface area contributed by atoms with E-state index in [-0.39, 0.29) is 5.48 Å². The molecule has 1 unspecified atom stereocenters. The SMILES string of the molecule is CCCCCCCCCCC(C(=O)O)[n+]1ccccc1.[OH-]. The number of carboxylic acids is 1. The molecule has 0 aliphatic rings. The van der Waals surface area contributed by atoms with Crippen molar-refractivity contribution < 1.29 is 19.9 Å². The number of rotatable bonds is 11. The molecule has 0 aliphatic heterocycles. The van der Waals surface area contributed by atoms with E-state index < -0.39 is 12.0 Å². The van der Waals surface area contributed by atoms with E-state index >= 15 is 0 Å². The van der Waals surface area contributed by atoms with Crippen molar-refractivity contribution in [2.75, 3.05) is 0 Å². The van der Waals surface area contributed by atoms with Crippen molar-refractivity contribution in [1.82, 2.24) is 0 Å². The molecule has 1 aromatic heterocycles. The zero-order valence-electron chi connectivity index (χ0n) is 13.1. The molecule has 0 amide bonds. The lowest BCUT2D eigenvalue weighted by Gasteiger charge is -2.07. The van der Waals surface area contributed by atoms with E-state index in [1.807, 2.05) is 30.6 Å². The topological polar surface area (TPSA) is 71.2 Å². The van der Waals surface area contributed by atoms with Gasteiger partial charge in [0.05, 0.1) is 0 Å². The van der Waals surface area contributed by atoms with Crippen LogP contribution in [-0.2, 0) is 4.79 Å². The molecule has 1 atom stereocenters. The molecule has 0 aromatic carbocycles. The number of aliphatic carboxylic acids is 1. The van der Waals surface area contributed by atoms with Crippen LogP contribution in [0.2, 0.25) is 0 Å². The number of nitrogens with zero attached hydrogens (tertiary/aromatic N) is 1. The van der Waals surface area contributed by atoms with E-state index in [9.17, 15) is 9.90 Å². The number of pyridine rings is 1. The van der Waals surface area contributed by atoms with E-state index in [1.165, 1.54) is 38.5 Å². The van der Waals surface area contributed by atoms with Gasteiger partial charge < -0.3 is 10.6 Å². The Kier molecular flexibility index (Phi) is 11.5. The highest BCUT2D eigenvalue weighted by molar-refractivity contribution is 5.69. The van der Waals surface area contributed by atoms with Crippen LogP contribution in [-0.4, -0.2) is 16.6 Å². The first-order chi connectivity index (χ1) is 9.75. The fourth-order valence-corrected chi connectivity index (χ4v) is 2.49. The molecule has 1 aromatic rings. The molecule has 0 saturated heterocycles. The lowest BCUT2D eigenvalue weighted by Crippen LogP contribution is -2.43. The summed E-state index contributed by atoms with van der Waals surface area (Å²) in [7, 11) is 0. The van der Waals surface area contributed by atoms with Crippen LogP contribution in [0.4, 0.5) is 0 Å². The van der Waals surface area contributed by atoms with Crippen LogP contribution in [0.1, 0.15) is 70.8 Å². The largest absolute Gasteiger partial charge is 0.870 e. The average molecular weight is 295 g/mol. The van der Waals surface area contributed by atoms with E-state index in [0.29, 0.717) is 0 Å². The van der Waals surface area contributed by atoms with Crippen molar-refractivity contribution >= 4 is 5.97 Å². The number of unbranched alkanes of at least 4 members (excludes halogenated alkanes) is 7. The number of hydrogen-bond acceptors (Lipinski definition) is 2. The summed E-state index contributed by atoms with van der Waals surface area (Å²) in [5.74, 6) is -0.732. The average Bonchev–Trinajstić information content (AvgIpc) is 2.46. The summed E-state index contributed by atoms with van der Waals surface area (Å²) in [6, 6.07) is 5.25.